The Hall–Kier alpha value is -0.120. The van der Waals surface area contributed by atoms with E-state index in [2.05, 4.69) is 4.90 Å². The van der Waals surface area contributed by atoms with Gasteiger partial charge in [-0.05, 0) is 32.7 Å². The molecule has 0 aliphatic carbocycles. The molecule has 1 fully saturated rings. The second-order valence-corrected chi connectivity index (χ2v) is 3.65. The van der Waals surface area contributed by atoms with Gasteiger partial charge in [0.05, 0.1) is 6.10 Å². The molecule has 0 aromatic rings. The molecule has 0 saturated carbocycles. The zero-order valence-electron chi connectivity index (χ0n) is 8.54. The second-order valence-electron chi connectivity index (χ2n) is 3.65. The van der Waals surface area contributed by atoms with E-state index in [1.54, 1.807) is 0 Å². The largest absolute Gasteiger partial charge is 0.392 e. The zero-order chi connectivity index (χ0) is 9.52. The van der Waals surface area contributed by atoms with Gasteiger partial charge in [-0.15, -0.1) is 0 Å². The van der Waals surface area contributed by atoms with E-state index >= 15 is 0 Å². The summed E-state index contributed by atoms with van der Waals surface area (Å²) < 4.78 is 5.26. The van der Waals surface area contributed by atoms with Crippen LogP contribution in [0.25, 0.3) is 0 Å². The van der Waals surface area contributed by atoms with Crippen molar-refractivity contribution >= 4 is 0 Å². The first kappa shape index (κ1) is 11.0. The molecule has 0 aromatic carbocycles. The third-order valence-electron chi connectivity index (χ3n) is 2.45. The quantitative estimate of drug-likeness (QED) is 0.648. The summed E-state index contributed by atoms with van der Waals surface area (Å²) in [5.41, 5.74) is 0. The lowest BCUT2D eigenvalue weighted by Crippen LogP contribution is -2.38. The van der Waals surface area contributed by atoms with Crippen molar-refractivity contribution in [1.29, 1.82) is 0 Å². The highest BCUT2D eigenvalue weighted by atomic mass is 16.5. The fraction of sp³-hybridized carbons (Fsp3) is 1.00. The highest BCUT2D eigenvalue weighted by Gasteiger charge is 2.16. The fourth-order valence-electron chi connectivity index (χ4n) is 1.77. The van der Waals surface area contributed by atoms with Crippen LogP contribution < -0.4 is 0 Å². The van der Waals surface area contributed by atoms with Crippen LogP contribution in [0.3, 0.4) is 0 Å². The molecule has 78 valence electrons. The summed E-state index contributed by atoms with van der Waals surface area (Å²) in [4.78, 5) is 2.33. The lowest BCUT2D eigenvalue weighted by Gasteiger charge is -2.29. The van der Waals surface area contributed by atoms with E-state index in [0.717, 1.165) is 52.1 Å². The molecular formula is C10H21NO2. The average Bonchev–Trinajstić information content (AvgIpc) is 2.13. The summed E-state index contributed by atoms with van der Waals surface area (Å²) in [7, 11) is 0. The molecule has 1 aliphatic rings. The number of aliphatic hydroxyl groups excluding tert-OH is 1. The Morgan fingerprint density at radius 3 is 3.08 bits per heavy atom. The van der Waals surface area contributed by atoms with E-state index < -0.39 is 0 Å². The SMILES string of the molecule is CCOCCCN1CCC[C@@H](O)C1. The molecule has 0 bridgehead atoms. The highest BCUT2D eigenvalue weighted by Crippen LogP contribution is 2.09. The molecule has 1 rings (SSSR count). The van der Waals surface area contributed by atoms with Crippen LogP contribution in [0.15, 0.2) is 0 Å². The van der Waals surface area contributed by atoms with Gasteiger partial charge in [-0.25, -0.2) is 0 Å². The van der Waals surface area contributed by atoms with Gasteiger partial charge in [0.25, 0.3) is 0 Å². The van der Waals surface area contributed by atoms with Crippen LogP contribution in [0.1, 0.15) is 26.2 Å². The number of hydrogen-bond acceptors (Lipinski definition) is 3. The van der Waals surface area contributed by atoms with Crippen LogP contribution in [0, 0.1) is 0 Å². The molecule has 1 N–H and O–H groups in total. The van der Waals surface area contributed by atoms with Gasteiger partial charge in [0.15, 0.2) is 0 Å². The Morgan fingerprint density at radius 2 is 2.38 bits per heavy atom. The van der Waals surface area contributed by atoms with Gasteiger partial charge in [0.2, 0.25) is 0 Å². The molecule has 1 heterocycles. The number of hydrogen-bond donors (Lipinski definition) is 1. The van der Waals surface area contributed by atoms with Crippen LogP contribution >= 0.6 is 0 Å². The second kappa shape index (κ2) is 6.35. The van der Waals surface area contributed by atoms with Gasteiger partial charge in [-0.3, -0.25) is 0 Å². The van der Waals surface area contributed by atoms with Crippen molar-refractivity contribution in [3.05, 3.63) is 0 Å². The fourth-order valence-corrected chi connectivity index (χ4v) is 1.77. The Kier molecular flexibility index (Phi) is 5.35. The number of likely N-dealkylation sites (tertiary alicyclic amines) is 1. The standard InChI is InChI=1S/C10H21NO2/c1-2-13-8-4-7-11-6-3-5-10(12)9-11/h10,12H,2-9H2,1H3/t10-/m1/s1. The summed E-state index contributed by atoms with van der Waals surface area (Å²) in [6, 6.07) is 0. The van der Waals surface area contributed by atoms with Crippen molar-refractivity contribution in [2.75, 3.05) is 32.8 Å². The smallest absolute Gasteiger partial charge is 0.0667 e. The minimum absolute atomic E-state index is 0.0964. The molecule has 0 unspecified atom stereocenters. The van der Waals surface area contributed by atoms with E-state index in [0.29, 0.717) is 0 Å². The zero-order valence-corrected chi connectivity index (χ0v) is 8.54. The number of ether oxygens (including phenoxy) is 1. The third kappa shape index (κ3) is 4.60. The Balaban J connectivity index is 2.00. The van der Waals surface area contributed by atoms with Gasteiger partial charge in [-0.2, -0.15) is 0 Å². The molecule has 3 heteroatoms. The van der Waals surface area contributed by atoms with Crippen LogP contribution in [0.2, 0.25) is 0 Å². The maximum atomic E-state index is 9.41. The maximum Gasteiger partial charge on any atom is 0.0667 e. The monoisotopic (exact) mass is 187 g/mol. The van der Waals surface area contributed by atoms with Crippen molar-refractivity contribution < 1.29 is 9.84 Å². The Bertz CT molecular complexity index is 130. The number of piperidine rings is 1. The first-order valence-electron chi connectivity index (χ1n) is 5.31. The van der Waals surface area contributed by atoms with E-state index in [1.165, 1.54) is 0 Å². The number of aliphatic hydroxyl groups is 1. The van der Waals surface area contributed by atoms with Gasteiger partial charge in [0.1, 0.15) is 0 Å². The van der Waals surface area contributed by atoms with Gasteiger partial charge in [0, 0.05) is 26.3 Å². The van der Waals surface area contributed by atoms with E-state index in [9.17, 15) is 5.11 Å². The molecule has 1 atom stereocenters. The number of β-amino-alcohol motifs (C(OH)–C–C–N with tert-alkyl or cyclic N) is 1. The summed E-state index contributed by atoms with van der Waals surface area (Å²) in [5, 5.41) is 9.41. The number of rotatable bonds is 5. The van der Waals surface area contributed by atoms with E-state index in [1.807, 2.05) is 6.92 Å². The van der Waals surface area contributed by atoms with Crippen LogP contribution in [-0.4, -0.2) is 49.0 Å². The molecule has 0 aromatic heterocycles. The van der Waals surface area contributed by atoms with Crippen LogP contribution in [0.5, 0.6) is 0 Å². The predicted octanol–water partition coefficient (Wildman–Crippen LogP) is 0.870. The van der Waals surface area contributed by atoms with Crippen molar-refractivity contribution in [1.82, 2.24) is 4.90 Å². The lowest BCUT2D eigenvalue weighted by atomic mass is 10.1. The molecule has 1 saturated heterocycles. The molecule has 13 heavy (non-hydrogen) atoms. The summed E-state index contributed by atoms with van der Waals surface area (Å²) in [6.45, 7) is 6.74. The average molecular weight is 187 g/mol. The summed E-state index contributed by atoms with van der Waals surface area (Å²) in [6.07, 6.45) is 3.10. The lowest BCUT2D eigenvalue weighted by molar-refractivity contribution is 0.0620. The predicted molar refractivity (Wildman–Crippen MR) is 52.8 cm³/mol. The van der Waals surface area contributed by atoms with Crippen molar-refractivity contribution in [3.63, 3.8) is 0 Å². The molecule has 3 nitrogen and oxygen atoms in total. The van der Waals surface area contributed by atoms with E-state index in [-0.39, 0.29) is 6.10 Å². The minimum atomic E-state index is -0.0964. The van der Waals surface area contributed by atoms with Crippen LogP contribution in [-0.2, 0) is 4.74 Å². The third-order valence-corrected chi connectivity index (χ3v) is 2.45. The molecule has 1 aliphatic heterocycles. The van der Waals surface area contributed by atoms with E-state index in [4.69, 9.17) is 4.74 Å². The minimum Gasteiger partial charge on any atom is -0.392 e. The summed E-state index contributed by atoms with van der Waals surface area (Å²) in [5.74, 6) is 0. The number of nitrogens with zero attached hydrogens (tertiary/aromatic N) is 1. The van der Waals surface area contributed by atoms with Crippen LogP contribution in [0.4, 0.5) is 0 Å². The first-order valence-corrected chi connectivity index (χ1v) is 5.31. The Morgan fingerprint density at radius 1 is 1.54 bits per heavy atom. The van der Waals surface area contributed by atoms with Gasteiger partial charge < -0.3 is 14.7 Å². The molecular weight excluding hydrogens is 166 g/mol. The summed E-state index contributed by atoms with van der Waals surface area (Å²) >= 11 is 0. The molecule has 0 radical (unpaired) electrons. The van der Waals surface area contributed by atoms with Gasteiger partial charge >= 0.3 is 0 Å². The first-order chi connectivity index (χ1) is 6.33. The molecule has 0 amide bonds. The van der Waals surface area contributed by atoms with Crippen molar-refractivity contribution in [2.24, 2.45) is 0 Å². The van der Waals surface area contributed by atoms with Gasteiger partial charge in [-0.1, -0.05) is 0 Å². The Labute approximate surface area is 80.7 Å². The highest BCUT2D eigenvalue weighted by molar-refractivity contribution is 4.71. The maximum absolute atomic E-state index is 9.41. The normalized spacial score (nSPS) is 24.9. The topological polar surface area (TPSA) is 32.7 Å². The molecule has 0 spiro atoms. The van der Waals surface area contributed by atoms with Crippen molar-refractivity contribution in [2.45, 2.75) is 32.3 Å². The van der Waals surface area contributed by atoms with Crippen molar-refractivity contribution in [3.8, 4) is 0 Å².